The van der Waals surface area contributed by atoms with E-state index in [1.54, 1.807) is 0 Å². The van der Waals surface area contributed by atoms with Crippen LogP contribution < -0.4 is 0 Å². The summed E-state index contributed by atoms with van der Waals surface area (Å²) >= 11 is 0. The fourth-order valence-electron chi connectivity index (χ4n) is 5.52. The van der Waals surface area contributed by atoms with Crippen molar-refractivity contribution in [2.75, 3.05) is 0 Å². The van der Waals surface area contributed by atoms with Gasteiger partial charge >= 0.3 is 0 Å². The zero-order valence-electron chi connectivity index (χ0n) is 20.8. The Balaban J connectivity index is 1.51. The van der Waals surface area contributed by atoms with Crippen LogP contribution in [0.5, 0.6) is 0 Å². The molecule has 2 heterocycles. The van der Waals surface area contributed by atoms with E-state index in [0.29, 0.717) is 0 Å². The Morgan fingerprint density at radius 1 is 0.342 bits per heavy atom. The standard InChI is InChI=1S/C36H24N2/c1-3-15-32-30(13-1)35(28-11-7-9-26(23-28)25-18-21-37-22-19-25)31-14-2-4-16-33(31)36(32)29-12-8-10-27(24-29)34-17-5-6-20-38-34/h1-24H. The summed E-state index contributed by atoms with van der Waals surface area (Å²) in [5, 5.41) is 4.98. The lowest BCUT2D eigenvalue weighted by Gasteiger charge is -2.18. The van der Waals surface area contributed by atoms with Gasteiger partial charge in [-0.2, -0.15) is 0 Å². The molecule has 178 valence electrons. The highest BCUT2D eigenvalue weighted by Crippen LogP contribution is 2.44. The van der Waals surface area contributed by atoms with Crippen LogP contribution in [0.25, 0.3) is 66.2 Å². The molecule has 0 spiro atoms. The van der Waals surface area contributed by atoms with Crippen molar-refractivity contribution in [3.63, 3.8) is 0 Å². The van der Waals surface area contributed by atoms with Crippen molar-refractivity contribution in [1.29, 1.82) is 0 Å². The molecule has 2 aromatic heterocycles. The zero-order chi connectivity index (χ0) is 25.3. The first-order chi connectivity index (χ1) is 18.9. The van der Waals surface area contributed by atoms with Crippen molar-refractivity contribution in [3.05, 3.63) is 146 Å². The second kappa shape index (κ2) is 9.42. The number of rotatable bonds is 4. The maximum atomic E-state index is 4.59. The van der Waals surface area contributed by atoms with Crippen LogP contribution in [0.15, 0.2) is 146 Å². The van der Waals surface area contributed by atoms with Crippen molar-refractivity contribution in [2.45, 2.75) is 0 Å². The third kappa shape index (κ3) is 3.84. The minimum atomic E-state index is 0.979. The van der Waals surface area contributed by atoms with Crippen LogP contribution in [0.1, 0.15) is 0 Å². The largest absolute Gasteiger partial charge is 0.265 e. The van der Waals surface area contributed by atoms with E-state index in [2.05, 4.69) is 125 Å². The summed E-state index contributed by atoms with van der Waals surface area (Å²) in [6.45, 7) is 0. The van der Waals surface area contributed by atoms with Gasteiger partial charge in [0.05, 0.1) is 5.69 Å². The molecular weight excluding hydrogens is 460 g/mol. The third-order valence-corrected chi connectivity index (χ3v) is 7.21. The number of nitrogens with zero attached hydrogens (tertiary/aromatic N) is 2. The van der Waals surface area contributed by atoms with Gasteiger partial charge in [0.2, 0.25) is 0 Å². The third-order valence-electron chi connectivity index (χ3n) is 7.21. The van der Waals surface area contributed by atoms with Crippen LogP contribution in [-0.2, 0) is 0 Å². The van der Waals surface area contributed by atoms with E-state index in [9.17, 15) is 0 Å². The molecule has 0 saturated carbocycles. The van der Waals surface area contributed by atoms with Crippen LogP contribution >= 0.6 is 0 Å². The first kappa shape index (κ1) is 22.1. The normalized spacial score (nSPS) is 11.2. The van der Waals surface area contributed by atoms with E-state index in [4.69, 9.17) is 0 Å². The topological polar surface area (TPSA) is 25.8 Å². The molecule has 5 aromatic carbocycles. The van der Waals surface area contributed by atoms with Crippen LogP contribution in [0, 0.1) is 0 Å². The zero-order valence-corrected chi connectivity index (χ0v) is 20.8. The quantitative estimate of drug-likeness (QED) is 0.233. The van der Waals surface area contributed by atoms with Crippen molar-refractivity contribution in [3.8, 4) is 44.6 Å². The predicted octanol–water partition coefficient (Wildman–Crippen LogP) is 9.45. The molecule has 0 N–H and O–H groups in total. The minimum absolute atomic E-state index is 0.979. The lowest BCUT2D eigenvalue weighted by atomic mass is 9.85. The van der Waals surface area contributed by atoms with Crippen LogP contribution in [0.2, 0.25) is 0 Å². The minimum Gasteiger partial charge on any atom is -0.265 e. The van der Waals surface area contributed by atoms with Crippen LogP contribution in [-0.4, -0.2) is 9.97 Å². The van der Waals surface area contributed by atoms with E-state index in [0.717, 1.165) is 11.3 Å². The van der Waals surface area contributed by atoms with Gasteiger partial charge in [-0.1, -0.05) is 91.0 Å². The monoisotopic (exact) mass is 484 g/mol. The number of benzene rings is 5. The van der Waals surface area contributed by atoms with E-state index < -0.39 is 0 Å². The fourth-order valence-corrected chi connectivity index (χ4v) is 5.52. The molecule has 38 heavy (non-hydrogen) atoms. The van der Waals surface area contributed by atoms with Gasteiger partial charge in [-0.15, -0.1) is 0 Å². The summed E-state index contributed by atoms with van der Waals surface area (Å²) in [6, 6.07) is 45.3. The molecule has 7 rings (SSSR count). The number of hydrogen-bond acceptors (Lipinski definition) is 2. The molecule has 7 aromatic rings. The number of fused-ring (bicyclic) bond motifs is 2. The number of hydrogen-bond donors (Lipinski definition) is 0. The molecule has 0 bridgehead atoms. The summed E-state index contributed by atoms with van der Waals surface area (Å²) in [6.07, 6.45) is 5.54. The summed E-state index contributed by atoms with van der Waals surface area (Å²) in [4.78, 5) is 8.78. The van der Waals surface area contributed by atoms with Gasteiger partial charge in [0.25, 0.3) is 0 Å². The van der Waals surface area contributed by atoms with Crippen molar-refractivity contribution >= 4 is 21.5 Å². The van der Waals surface area contributed by atoms with Gasteiger partial charge in [-0.3, -0.25) is 9.97 Å². The molecule has 0 saturated heterocycles. The van der Waals surface area contributed by atoms with Gasteiger partial charge in [0, 0.05) is 24.2 Å². The Morgan fingerprint density at radius 2 is 0.842 bits per heavy atom. The second-order valence-electron chi connectivity index (χ2n) is 9.45. The fraction of sp³-hybridized carbons (Fsp3) is 0. The van der Waals surface area contributed by atoms with Gasteiger partial charge < -0.3 is 0 Å². The molecule has 0 unspecified atom stereocenters. The summed E-state index contributed by atoms with van der Waals surface area (Å²) in [7, 11) is 0. The molecule has 0 fully saturated rings. The molecule has 0 atom stereocenters. The van der Waals surface area contributed by atoms with Gasteiger partial charge in [0.15, 0.2) is 0 Å². The summed E-state index contributed by atoms with van der Waals surface area (Å²) in [5.41, 5.74) is 9.36. The molecule has 0 aliphatic carbocycles. The molecule has 0 amide bonds. The van der Waals surface area contributed by atoms with Crippen molar-refractivity contribution < 1.29 is 0 Å². The smallest absolute Gasteiger partial charge is 0.0702 e. The van der Waals surface area contributed by atoms with E-state index in [1.165, 1.54) is 54.9 Å². The van der Waals surface area contributed by atoms with Crippen LogP contribution in [0.4, 0.5) is 0 Å². The van der Waals surface area contributed by atoms with E-state index >= 15 is 0 Å². The van der Waals surface area contributed by atoms with Crippen molar-refractivity contribution in [2.24, 2.45) is 0 Å². The Bertz CT molecular complexity index is 1710. The highest BCUT2D eigenvalue weighted by molar-refractivity contribution is 6.21. The molecule has 2 heteroatoms. The molecule has 2 nitrogen and oxygen atoms in total. The first-order valence-corrected chi connectivity index (χ1v) is 12.8. The summed E-state index contributed by atoms with van der Waals surface area (Å²) in [5.74, 6) is 0. The van der Waals surface area contributed by atoms with E-state index in [-0.39, 0.29) is 0 Å². The maximum absolute atomic E-state index is 4.59. The molecule has 0 aliphatic heterocycles. The van der Waals surface area contributed by atoms with Crippen molar-refractivity contribution in [1.82, 2.24) is 9.97 Å². The maximum Gasteiger partial charge on any atom is 0.0702 e. The first-order valence-electron chi connectivity index (χ1n) is 12.8. The summed E-state index contributed by atoms with van der Waals surface area (Å²) < 4.78 is 0. The SMILES string of the molecule is c1ccc(-c2cccc(-c3c4ccccc4c(-c4cccc(-c5ccncc5)c4)c4ccccc34)c2)nc1. The van der Waals surface area contributed by atoms with Crippen LogP contribution in [0.3, 0.4) is 0 Å². The molecule has 0 radical (unpaired) electrons. The van der Waals surface area contributed by atoms with Gasteiger partial charge in [0.1, 0.15) is 0 Å². The predicted molar refractivity (Wildman–Crippen MR) is 159 cm³/mol. The lowest BCUT2D eigenvalue weighted by molar-refractivity contribution is 1.33. The van der Waals surface area contributed by atoms with Gasteiger partial charge in [-0.05, 0) is 91.3 Å². The Labute approximate surface area is 221 Å². The van der Waals surface area contributed by atoms with E-state index in [1.807, 2.05) is 30.7 Å². The highest BCUT2D eigenvalue weighted by Gasteiger charge is 2.17. The Hall–Kier alpha value is -5.08. The second-order valence-corrected chi connectivity index (χ2v) is 9.45. The van der Waals surface area contributed by atoms with Gasteiger partial charge in [-0.25, -0.2) is 0 Å². The average Bonchev–Trinajstić information content (AvgIpc) is 3.01. The lowest BCUT2D eigenvalue weighted by Crippen LogP contribution is -1.92. The highest BCUT2D eigenvalue weighted by atomic mass is 14.7. The average molecular weight is 485 g/mol. The Kier molecular flexibility index (Phi) is 5.49. The molecular formula is C36H24N2. The molecule has 0 aliphatic rings. The number of pyridine rings is 2. The number of aromatic nitrogens is 2. The Morgan fingerprint density at radius 3 is 1.39 bits per heavy atom.